The van der Waals surface area contributed by atoms with Gasteiger partial charge in [-0.2, -0.15) is 0 Å². The lowest BCUT2D eigenvalue weighted by Crippen LogP contribution is -1.81. The summed E-state index contributed by atoms with van der Waals surface area (Å²) in [5.41, 5.74) is 1.17. The lowest BCUT2D eigenvalue weighted by molar-refractivity contribution is 1.48. The molecular weight excluding hydrogens is 96.1 g/mol. The zero-order chi connectivity index (χ0) is 5.82. The Morgan fingerprint density at radius 1 is 1.50 bits per heavy atom. The van der Waals surface area contributed by atoms with Crippen molar-refractivity contribution in [2.45, 2.75) is 0 Å². The van der Waals surface area contributed by atoms with Crippen LogP contribution in [-0.2, 0) is 0 Å². The summed E-state index contributed by atoms with van der Waals surface area (Å²) in [5, 5.41) is 0. The molecule has 8 heavy (non-hydrogen) atoms. The molecule has 0 radical (unpaired) electrons. The van der Waals surface area contributed by atoms with Crippen molar-refractivity contribution in [3.63, 3.8) is 0 Å². The Bertz CT molecular complexity index is 138. The van der Waals surface area contributed by atoms with Gasteiger partial charge < -0.3 is 0 Å². The largest absolute Gasteiger partial charge is 0.196 e. The van der Waals surface area contributed by atoms with Gasteiger partial charge in [0.25, 0.3) is 0 Å². The van der Waals surface area contributed by atoms with E-state index in [4.69, 9.17) is 0 Å². The minimum absolute atomic E-state index is 1.17. The summed E-state index contributed by atoms with van der Waals surface area (Å²) in [6.45, 7) is 3.63. The van der Waals surface area contributed by atoms with Crippen LogP contribution in [0.2, 0.25) is 0 Å². The van der Waals surface area contributed by atoms with Crippen LogP contribution in [-0.4, -0.2) is 0 Å². The molecule has 0 aromatic heterocycles. The predicted molar refractivity (Wildman–Crippen MR) is 36.0 cm³/mol. The Hall–Kier alpha value is -1.04. The van der Waals surface area contributed by atoms with Gasteiger partial charge in [0.1, 0.15) is 31.1 Å². The second-order valence-corrected chi connectivity index (χ2v) is 1.61. The van der Waals surface area contributed by atoms with Crippen molar-refractivity contribution < 1.29 is 0 Å². The first-order chi connectivity index (χ1) is 3.93. The summed E-state index contributed by atoms with van der Waals surface area (Å²) in [7, 11) is 0. The third-order valence-corrected chi connectivity index (χ3v) is 1.04. The fourth-order valence-corrected chi connectivity index (χ4v) is 0.589. The molecule has 0 aromatic carbocycles. The maximum absolute atomic E-state index is 3.63. The van der Waals surface area contributed by atoms with Gasteiger partial charge in [0.2, 0.25) is 0 Å². The van der Waals surface area contributed by atoms with Crippen LogP contribution >= 0.6 is 0 Å². The van der Waals surface area contributed by atoms with Crippen molar-refractivity contribution in [3.05, 3.63) is 49.3 Å². The molecule has 0 bridgehead atoms. The molecule has 0 unspecified atom stereocenters. The van der Waals surface area contributed by atoms with Gasteiger partial charge in [0.05, 0.1) is 6.08 Å². The predicted octanol–water partition coefficient (Wildman–Crippen LogP) is 2.08. The molecule has 0 aliphatic heterocycles. The van der Waals surface area contributed by atoms with Crippen molar-refractivity contribution in [2.75, 3.05) is 0 Å². The fraction of sp³-hybridized carbons (Fsp3) is 0. The lowest BCUT2D eigenvalue weighted by atomic mass is 10.1. The standard InChI is InChI=1S/C8H8/c1-2-8-6-4-3-5-7-8/h2-7H,1H2/q+2. The van der Waals surface area contributed by atoms with E-state index in [-0.39, 0.29) is 0 Å². The van der Waals surface area contributed by atoms with Gasteiger partial charge in [-0.25, -0.2) is 0 Å². The normalized spacial score (nSPS) is 15.8. The van der Waals surface area contributed by atoms with Crippen LogP contribution in [0.4, 0.5) is 0 Å². The zero-order valence-electron chi connectivity index (χ0n) is 4.67. The quantitative estimate of drug-likeness (QED) is 0.447. The summed E-state index contributed by atoms with van der Waals surface area (Å²) >= 11 is 0. The van der Waals surface area contributed by atoms with E-state index < -0.39 is 0 Å². The Kier molecular flexibility index (Phi) is 1.48. The van der Waals surface area contributed by atoms with E-state index in [2.05, 4.69) is 6.58 Å². The molecule has 0 heteroatoms. The number of hydrogen-bond acceptors (Lipinski definition) is 0. The van der Waals surface area contributed by atoms with Gasteiger partial charge in [-0.1, -0.05) is 0 Å². The summed E-state index contributed by atoms with van der Waals surface area (Å²) in [4.78, 5) is 0. The smallest absolute Gasteiger partial charge is 0.0421 e. The third kappa shape index (κ3) is 0.969. The van der Waals surface area contributed by atoms with Crippen molar-refractivity contribution in [1.29, 1.82) is 0 Å². The van der Waals surface area contributed by atoms with Crippen molar-refractivity contribution in [3.8, 4) is 0 Å². The molecule has 0 N–H and O–H groups in total. The molecule has 0 heterocycles. The van der Waals surface area contributed by atoms with Gasteiger partial charge in [-0.05, 0) is 6.58 Å². The molecule has 0 saturated heterocycles. The minimum Gasteiger partial charge on any atom is -0.0421 e. The van der Waals surface area contributed by atoms with Crippen LogP contribution in [0.1, 0.15) is 0 Å². The molecule has 1 aliphatic rings. The SMILES string of the molecule is C=CC1=C[CH+]C=C[CH+]1. The van der Waals surface area contributed by atoms with Gasteiger partial charge in [0, 0.05) is 0 Å². The summed E-state index contributed by atoms with van der Waals surface area (Å²) in [5.74, 6) is 0. The highest BCUT2D eigenvalue weighted by molar-refractivity contribution is 5.38. The van der Waals surface area contributed by atoms with Crippen LogP contribution in [0.3, 0.4) is 0 Å². The minimum atomic E-state index is 1.17. The van der Waals surface area contributed by atoms with Gasteiger partial charge in [-0.15, -0.1) is 0 Å². The topological polar surface area (TPSA) is 0 Å². The molecule has 0 aromatic rings. The number of hydrogen-bond donors (Lipinski definition) is 0. The highest BCUT2D eigenvalue weighted by atomic mass is 14.0. The summed E-state index contributed by atoms with van der Waals surface area (Å²) in [6.07, 6.45) is 11.9. The molecule has 1 rings (SSSR count). The maximum Gasteiger partial charge on any atom is 0.196 e. The molecular formula is C8H8+2. The van der Waals surface area contributed by atoms with E-state index in [9.17, 15) is 0 Å². The number of rotatable bonds is 1. The highest BCUT2D eigenvalue weighted by Crippen LogP contribution is 2.08. The summed E-state index contributed by atoms with van der Waals surface area (Å²) in [6, 6.07) is 0. The van der Waals surface area contributed by atoms with Crippen molar-refractivity contribution >= 4 is 0 Å². The van der Waals surface area contributed by atoms with Crippen LogP contribution in [0, 0.1) is 12.8 Å². The lowest BCUT2D eigenvalue weighted by Gasteiger charge is -1.80. The van der Waals surface area contributed by atoms with Crippen molar-refractivity contribution in [1.82, 2.24) is 0 Å². The van der Waals surface area contributed by atoms with Crippen LogP contribution < -0.4 is 0 Å². The average Bonchev–Trinajstić information content (AvgIpc) is 1.90. The summed E-state index contributed by atoms with van der Waals surface area (Å²) < 4.78 is 0. The van der Waals surface area contributed by atoms with E-state index >= 15 is 0 Å². The van der Waals surface area contributed by atoms with Gasteiger partial charge >= 0.3 is 0 Å². The molecule has 0 fully saturated rings. The van der Waals surface area contributed by atoms with Crippen LogP contribution in [0.5, 0.6) is 0 Å². The molecule has 38 valence electrons. The molecule has 0 nitrogen and oxygen atoms in total. The highest BCUT2D eigenvalue weighted by Gasteiger charge is 2.09. The van der Waals surface area contributed by atoms with E-state index in [1.54, 1.807) is 0 Å². The van der Waals surface area contributed by atoms with Gasteiger partial charge in [-0.3, -0.25) is 0 Å². The van der Waals surface area contributed by atoms with Gasteiger partial charge in [0.15, 0.2) is 5.57 Å². The van der Waals surface area contributed by atoms with Crippen LogP contribution in [0.25, 0.3) is 0 Å². The van der Waals surface area contributed by atoms with E-state index in [0.29, 0.717) is 0 Å². The second kappa shape index (κ2) is 2.31. The first-order valence-corrected chi connectivity index (χ1v) is 2.61. The maximum atomic E-state index is 3.63. The Morgan fingerprint density at radius 2 is 2.38 bits per heavy atom. The molecule has 1 aliphatic carbocycles. The zero-order valence-corrected chi connectivity index (χ0v) is 4.67. The first kappa shape index (κ1) is 5.10. The van der Waals surface area contributed by atoms with E-state index in [0.717, 1.165) is 0 Å². The second-order valence-electron chi connectivity index (χ2n) is 1.61. The Morgan fingerprint density at radius 3 is 2.75 bits per heavy atom. The van der Waals surface area contributed by atoms with E-state index in [1.165, 1.54) is 5.57 Å². The van der Waals surface area contributed by atoms with E-state index in [1.807, 2.05) is 37.1 Å². The Labute approximate surface area is 50.2 Å². The third-order valence-electron chi connectivity index (χ3n) is 1.04. The monoisotopic (exact) mass is 104 g/mol. The molecule has 0 atom stereocenters. The molecule has 0 saturated carbocycles. The first-order valence-electron chi connectivity index (χ1n) is 2.61. The molecule has 0 spiro atoms. The molecule has 0 amide bonds. The number of allylic oxidation sites excluding steroid dienone is 5. The average molecular weight is 104 g/mol. The fourth-order valence-electron chi connectivity index (χ4n) is 0.589. The van der Waals surface area contributed by atoms with Crippen LogP contribution in [0.15, 0.2) is 36.5 Å². The Balaban J connectivity index is 2.55. The van der Waals surface area contributed by atoms with Crippen molar-refractivity contribution in [2.24, 2.45) is 0 Å².